The molecule has 0 aliphatic carbocycles. The molecular weight excluding hydrogens is 402 g/mol. The van der Waals surface area contributed by atoms with Gasteiger partial charge in [0, 0.05) is 26.2 Å². The van der Waals surface area contributed by atoms with Gasteiger partial charge in [0.15, 0.2) is 0 Å². The van der Waals surface area contributed by atoms with Gasteiger partial charge in [-0.3, -0.25) is 9.36 Å². The number of likely N-dealkylation sites (tertiary alicyclic amines) is 1. The minimum atomic E-state index is -0.109. The molecule has 1 unspecified atom stereocenters. The molecule has 9 heteroatoms. The molecule has 2 N–H and O–H groups in total. The van der Waals surface area contributed by atoms with Crippen molar-refractivity contribution in [1.82, 2.24) is 29.3 Å². The molecule has 1 atom stereocenters. The fraction of sp³-hybridized carbons (Fsp3) is 0.429. The van der Waals surface area contributed by atoms with Crippen molar-refractivity contribution in [2.24, 2.45) is 0 Å². The predicted octanol–water partition coefficient (Wildman–Crippen LogP) is 2.87. The fourth-order valence-corrected chi connectivity index (χ4v) is 4.53. The average molecular weight is 428 g/mol. The largest absolute Gasteiger partial charge is 0.383 e. The smallest absolute Gasteiger partial charge is 0.255 e. The summed E-state index contributed by atoms with van der Waals surface area (Å²) in [7, 11) is 5.59. The Balaban J connectivity index is 2.00. The van der Waals surface area contributed by atoms with Gasteiger partial charge in [-0.1, -0.05) is 11.6 Å². The molecule has 158 valence electrons. The van der Waals surface area contributed by atoms with E-state index in [1.54, 1.807) is 31.4 Å². The van der Waals surface area contributed by atoms with Crippen molar-refractivity contribution in [3.63, 3.8) is 0 Å². The van der Waals surface area contributed by atoms with E-state index in [2.05, 4.69) is 21.9 Å². The molecule has 1 saturated heterocycles. The Kier molecular flexibility index (Phi) is 5.38. The van der Waals surface area contributed by atoms with Gasteiger partial charge in [0.2, 0.25) is 0 Å². The maximum atomic E-state index is 13.1. The number of imidazole rings is 1. The number of nitrogens with two attached hydrogens (primary N) is 1. The summed E-state index contributed by atoms with van der Waals surface area (Å²) in [5, 5.41) is 0.422. The second kappa shape index (κ2) is 7.85. The molecule has 1 amide bonds. The minimum Gasteiger partial charge on any atom is -0.383 e. The summed E-state index contributed by atoms with van der Waals surface area (Å²) in [6, 6.07) is 1.80. The molecule has 3 aromatic rings. The third kappa shape index (κ3) is 3.40. The highest BCUT2D eigenvalue weighted by Gasteiger charge is 2.30. The molecule has 0 radical (unpaired) electrons. The van der Waals surface area contributed by atoms with E-state index in [9.17, 15) is 4.79 Å². The standard InChI is InChI=1S/C21H26ClN7O/c1-12-19(23)24-10-25-20(12)29-11-26-18-15(29)8-14(22)17(21(30)27(2)3)16(18)13-6-5-7-28(4)9-13/h8,10-11,13H,5-7,9H2,1-4H3,(H2,23,24,25). The van der Waals surface area contributed by atoms with Crippen LogP contribution in [0.25, 0.3) is 16.9 Å². The zero-order chi connectivity index (χ0) is 21.6. The van der Waals surface area contributed by atoms with Gasteiger partial charge < -0.3 is 15.5 Å². The Morgan fingerprint density at radius 1 is 1.30 bits per heavy atom. The van der Waals surface area contributed by atoms with Crippen LogP contribution >= 0.6 is 11.6 Å². The van der Waals surface area contributed by atoms with Crippen molar-refractivity contribution in [2.75, 3.05) is 40.0 Å². The van der Waals surface area contributed by atoms with Gasteiger partial charge in [-0.15, -0.1) is 0 Å². The van der Waals surface area contributed by atoms with Crippen LogP contribution in [0.2, 0.25) is 5.02 Å². The van der Waals surface area contributed by atoms with E-state index in [1.807, 2.05) is 11.5 Å². The van der Waals surface area contributed by atoms with Crippen LogP contribution in [-0.2, 0) is 0 Å². The van der Waals surface area contributed by atoms with Gasteiger partial charge in [-0.25, -0.2) is 15.0 Å². The van der Waals surface area contributed by atoms with E-state index >= 15 is 0 Å². The lowest BCUT2D eigenvalue weighted by Gasteiger charge is -2.31. The van der Waals surface area contributed by atoms with Gasteiger partial charge in [0.25, 0.3) is 5.91 Å². The lowest BCUT2D eigenvalue weighted by Crippen LogP contribution is -2.33. The number of aromatic nitrogens is 4. The summed E-state index contributed by atoms with van der Waals surface area (Å²) in [5.74, 6) is 1.13. The first-order valence-corrected chi connectivity index (χ1v) is 10.3. The monoisotopic (exact) mass is 427 g/mol. The molecule has 0 bridgehead atoms. The fourth-order valence-electron chi connectivity index (χ4n) is 4.25. The summed E-state index contributed by atoms with van der Waals surface area (Å²) >= 11 is 6.73. The summed E-state index contributed by atoms with van der Waals surface area (Å²) in [6.45, 7) is 3.78. The lowest BCUT2D eigenvalue weighted by atomic mass is 9.86. The molecule has 2 aromatic heterocycles. The number of rotatable bonds is 3. The van der Waals surface area contributed by atoms with E-state index in [0.29, 0.717) is 22.2 Å². The highest BCUT2D eigenvalue weighted by Crippen LogP contribution is 2.38. The SMILES string of the molecule is Cc1c(N)ncnc1-n1cnc2c(C3CCCN(C)C3)c(C(=O)N(C)C)c(Cl)cc21. The summed E-state index contributed by atoms with van der Waals surface area (Å²) in [4.78, 5) is 30.1. The van der Waals surface area contributed by atoms with E-state index in [4.69, 9.17) is 22.3 Å². The van der Waals surface area contributed by atoms with E-state index in [0.717, 1.165) is 48.1 Å². The van der Waals surface area contributed by atoms with Crippen LogP contribution in [0.15, 0.2) is 18.7 Å². The third-order valence-corrected chi connectivity index (χ3v) is 6.11. The minimum absolute atomic E-state index is 0.109. The predicted molar refractivity (Wildman–Crippen MR) is 118 cm³/mol. The Labute approximate surface area is 180 Å². The molecule has 0 spiro atoms. The first-order chi connectivity index (χ1) is 14.3. The maximum Gasteiger partial charge on any atom is 0.255 e. The average Bonchev–Trinajstić information content (AvgIpc) is 3.11. The molecule has 4 rings (SSSR count). The molecule has 30 heavy (non-hydrogen) atoms. The van der Waals surface area contributed by atoms with Crippen LogP contribution < -0.4 is 5.73 Å². The summed E-state index contributed by atoms with van der Waals surface area (Å²) < 4.78 is 1.87. The second-order valence-electron chi connectivity index (χ2n) is 8.14. The van der Waals surface area contributed by atoms with E-state index in [-0.39, 0.29) is 11.8 Å². The molecule has 1 aliphatic rings. The highest BCUT2D eigenvalue weighted by molar-refractivity contribution is 6.35. The third-order valence-electron chi connectivity index (χ3n) is 5.81. The zero-order valence-corrected chi connectivity index (χ0v) is 18.4. The van der Waals surface area contributed by atoms with Crippen LogP contribution in [0.5, 0.6) is 0 Å². The van der Waals surface area contributed by atoms with Gasteiger partial charge in [0.05, 0.1) is 21.6 Å². The van der Waals surface area contributed by atoms with Gasteiger partial charge in [-0.2, -0.15) is 0 Å². The van der Waals surface area contributed by atoms with Crippen LogP contribution in [0, 0.1) is 6.92 Å². The first kappa shape index (κ1) is 20.6. The van der Waals surface area contributed by atoms with Gasteiger partial charge in [-0.05, 0) is 50.9 Å². The summed E-state index contributed by atoms with van der Waals surface area (Å²) in [6.07, 6.45) is 5.20. The maximum absolute atomic E-state index is 13.1. The van der Waals surface area contributed by atoms with Gasteiger partial charge >= 0.3 is 0 Å². The van der Waals surface area contributed by atoms with Crippen molar-refractivity contribution >= 4 is 34.4 Å². The quantitative estimate of drug-likeness (QED) is 0.690. The van der Waals surface area contributed by atoms with Crippen LogP contribution in [0.3, 0.4) is 0 Å². The second-order valence-corrected chi connectivity index (χ2v) is 8.55. The van der Waals surface area contributed by atoms with Crippen LogP contribution in [0.1, 0.15) is 40.2 Å². The normalized spacial score (nSPS) is 17.4. The van der Waals surface area contributed by atoms with Crippen molar-refractivity contribution in [3.05, 3.63) is 40.4 Å². The number of piperidine rings is 1. The summed E-state index contributed by atoms with van der Waals surface area (Å²) in [5.41, 5.74) is 9.80. The number of carbonyl (C=O) groups is 1. The van der Waals surface area contributed by atoms with Crippen LogP contribution in [-0.4, -0.2) is 69.5 Å². The van der Waals surface area contributed by atoms with E-state index < -0.39 is 0 Å². The molecule has 3 heterocycles. The molecular formula is C21H26ClN7O. The Bertz CT molecular complexity index is 1120. The van der Waals surface area contributed by atoms with Crippen molar-refractivity contribution in [2.45, 2.75) is 25.7 Å². The number of likely N-dealkylation sites (N-methyl/N-ethyl adjacent to an activating group) is 1. The van der Waals surface area contributed by atoms with Crippen LogP contribution in [0.4, 0.5) is 5.82 Å². The molecule has 8 nitrogen and oxygen atoms in total. The number of hydrogen-bond donors (Lipinski definition) is 1. The Morgan fingerprint density at radius 2 is 2.07 bits per heavy atom. The number of amides is 1. The number of nitrogens with zero attached hydrogens (tertiary/aromatic N) is 6. The van der Waals surface area contributed by atoms with Crippen molar-refractivity contribution < 1.29 is 4.79 Å². The Morgan fingerprint density at radius 3 is 2.77 bits per heavy atom. The highest BCUT2D eigenvalue weighted by atomic mass is 35.5. The lowest BCUT2D eigenvalue weighted by molar-refractivity contribution is 0.0825. The number of nitrogen functional groups attached to an aromatic ring is 1. The number of carbonyl (C=O) groups excluding carboxylic acids is 1. The number of halogens is 1. The first-order valence-electron chi connectivity index (χ1n) is 9.96. The number of benzene rings is 1. The van der Waals surface area contributed by atoms with E-state index in [1.165, 1.54) is 6.33 Å². The zero-order valence-electron chi connectivity index (χ0n) is 17.7. The molecule has 1 fully saturated rings. The van der Waals surface area contributed by atoms with Crippen molar-refractivity contribution in [3.8, 4) is 5.82 Å². The van der Waals surface area contributed by atoms with Crippen molar-refractivity contribution in [1.29, 1.82) is 0 Å². The Hall–Kier alpha value is -2.71. The number of fused-ring (bicyclic) bond motifs is 1. The molecule has 1 aromatic carbocycles. The number of hydrogen-bond acceptors (Lipinski definition) is 6. The topological polar surface area (TPSA) is 93.2 Å². The molecule has 1 aliphatic heterocycles. The molecule has 0 saturated carbocycles. The van der Waals surface area contributed by atoms with Gasteiger partial charge in [0.1, 0.15) is 24.3 Å². The number of anilines is 1.